The van der Waals surface area contributed by atoms with Crippen LogP contribution in [0.15, 0.2) is 78.9 Å². The monoisotopic (exact) mass is 566 g/mol. The zero-order valence-electron chi connectivity index (χ0n) is 23.8. The Hall–Kier alpha value is -3.96. The van der Waals surface area contributed by atoms with Crippen LogP contribution in [0.1, 0.15) is 72.1 Å². The molecule has 0 bridgehead atoms. The molecule has 1 atom stereocenters. The van der Waals surface area contributed by atoms with Gasteiger partial charge in [0, 0.05) is 41.2 Å². The lowest BCUT2D eigenvalue weighted by molar-refractivity contribution is 0.0224. The van der Waals surface area contributed by atoms with Gasteiger partial charge in [0.25, 0.3) is 0 Å². The number of carbonyl (C=O) groups excluding carboxylic acids is 1. The lowest BCUT2D eigenvalue weighted by Gasteiger charge is -2.38. The lowest BCUT2D eigenvalue weighted by atomic mass is 9.77. The van der Waals surface area contributed by atoms with Crippen molar-refractivity contribution in [3.05, 3.63) is 112 Å². The number of anilines is 3. The average molecular weight is 567 g/mol. The van der Waals surface area contributed by atoms with Gasteiger partial charge in [-0.25, -0.2) is 4.79 Å². The number of fused-ring (bicyclic) bond motifs is 6. The molecule has 2 aliphatic rings. The van der Waals surface area contributed by atoms with E-state index in [1.165, 1.54) is 0 Å². The number of ether oxygens (including phenoxy) is 2. The second kappa shape index (κ2) is 11.1. The fourth-order valence-corrected chi connectivity index (χ4v) is 6.27. The standard InChI is InChI=1S/C35H35ClN2O3/c1-4-6-19-38(20-7-5-2)30-18-17-27-33(32(30)36)40-31-21-23(3)29(37-24-13-9-8-10-14-24)22-28(31)35(27)26-16-12-11-15-25(26)34(39)41-35/h8-18,21-22,37H,4-7,19-20H2,1-3H3. The SMILES string of the molecule is CCCCN(CCCC)c1ccc2c(c1Cl)Oc1cc(C)c(Nc3ccccc3)cc1C21OC(=O)c2ccccc21. The normalized spacial score (nSPS) is 16.4. The van der Waals surface area contributed by atoms with Crippen LogP contribution in [0.3, 0.4) is 0 Å². The molecule has 6 rings (SSSR count). The third kappa shape index (κ3) is 4.62. The third-order valence-electron chi connectivity index (χ3n) is 8.10. The number of esters is 1. The van der Waals surface area contributed by atoms with Crippen LogP contribution in [0.5, 0.6) is 11.5 Å². The number of aryl methyl sites for hydroxylation is 1. The van der Waals surface area contributed by atoms with Gasteiger partial charge in [0.15, 0.2) is 11.4 Å². The maximum absolute atomic E-state index is 13.4. The van der Waals surface area contributed by atoms with Crippen molar-refractivity contribution >= 4 is 34.6 Å². The fraction of sp³-hybridized carbons (Fsp3) is 0.286. The van der Waals surface area contributed by atoms with Gasteiger partial charge in [-0.3, -0.25) is 0 Å². The zero-order valence-corrected chi connectivity index (χ0v) is 24.6. The van der Waals surface area contributed by atoms with E-state index in [2.05, 4.69) is 30.1 Å². The highest BCUT2D eigenvalue weighted by molar-refractivity contribution is 6.35. The van der Waals surface area contributed by atoms with Gasteiger partial charge >= 0.3 is 5.97 Å². The van der Waals surface area contributed by atoms with Crippen LogP contribution in [0.4, 0.5) is 17.1 Å². The van der Waals surface area contributed by atoms with E-state index >= 15 is 0 Å². The molecule has 0 saturated heterocycles. The van der Waals surface area contributed by atoms with Crippen LogP contribution < -0.4 is 15.0 Å². The maximum Gasteiger partial charge on any atom is 0.340 e. The number of rotatable bonds is 9. The van der Waals surface area contributed by atoms with E-state index in [0.29, 0.717) is 22.1 Å². The van der Waals surface area contributed by atoms with Gasteiger partial charge in [0.1, 0.15) is 10.8 Å². The van der Waals surface area contributed by atoms with Crippen molar-refractivity contribution in [2.75, 3.05) is 23.3 Å². The Kier molecular flexibility index (Phi) is 7.39. The molecule has 1 unspecified atom stereocenters. The molecule has 1 N–H and O–H groups in total. The molecule has 41 heavy (non-hydrogen) atoms. The third-order valence-corrected chi connectivity index (χ3v) is 8.47. The smallest absolute Gasteiger partial charge is 0.340 e. The average Bonchev–Trinajstić information content (AvgIpc) is 3.28. The van der Waals surface area contributed by atoms with Gasteiger partial charge in [0.05, 0.1) is 11.3 Å². The fourth-order valence-electron chi connectivity index (χ4n) is 5.94. The van der Waals surface area contributed by atoms with E-state index < -0.39 is 5.60 Å². The number of nitrogens with one attached hydrogen (secondary N) is 1. The number of hydrogen-bond donors (Lipinski definition) is 1. The van der Waals surface area contributed by atoms with Crippen molar-refractivity contribution in [3.8, 4) is 11.5 Å². The number of halogens is 1. The summed E-state index contributed by atoms with van der Waals surface area (Å²) in [5, 5.41) is 4.08. The second-order valence-electron chi connectivity index (χ2n) is 10.8. The maximum atomic E-state index is 13.4. The molecule has 0 aromatic heterocycles. The minimum absolute atomic E-state index is 0.356. The largest absolute Gasteiger partial charge is 0.455 e. The minimum atomic E-state index is -1.18. The number of nitrogens with zero attached hydrogens (tertiary/aromatic N) is 1. The van der Waals surface area contributed by atoms with Crippen LogP contribution in [-0.2, 0) is 10.3 Å². The molecular formula is C35H35ClN2O3. The summed E-state index contributed by atoms with van der Waals surface area (Å²) in [5.41, 5.74) is 5.50. The van der Waals surface area contributed by atoms with E-state index in [1.54, 1.807) is 0 Å². The topological polar surface area (TPSA) is 50.8 Å². The molecule has 0 fully saturated rings. The highest BCUT2D eigenvalue weighted by atomic mass is 35.5. The number of hydrogen-bond acceptors (Lipinski definition) is 5. The van der Waals surface area contributed by atoms with E-state index in [9.17, 15) is 4.79 Å². The van der Waals surface area contributed by atoms with Crippen molar-refractivity contribution < 1.29 is 14.3 Å². The molecule has 2 aliphatic heterocycles. The number of carbonyl (C=O) groups is 1. The van der Waals surface area contributed by atoms with Gasteiger partial charge < -0.3 is 19.7 Å². The number of unbranched alkanes of at least 4 members (excludes halogenated alkanes) is 2. The van der Waals surface area contributed by atoms with Gasteiger partial charge in [-0.2, -0.15) is 0 Å². The first kappa shape index (κ1) is 27.2. The Morgan fingerprint density at radius 2 is 1.56 bits per heavy atom. The molecule has 210 valence electrons. The Labute approximate surface area is 247 Å². The highest BCUT2D eigenvalue weighted by Crippen LogP contribution is 2.59. The molecule has 6 heteroatoms. The lowest BCUT2D eigenvalue weighted by Crippen LogP contribution is -2.34. The summed E-state index contributed by atoms with van der Waals surface area (Å²) in [4.78, 5) is 15.7. The Morgan fingerprint density at radius 3 is 2.29 bits per heavy atom. The summed E-state index contributed by atoms with van der Waals surface area (Å²) in [6.07, 6.45) is 4.35. The number of benzene rings is 4. The molecule has 0 radical (unpaired) electrons. The van der Waals surface area contributed by atoms with E-state index in [1.807, 2.05) is 79.7 Å². The summed E-state index contributed by atoms with van der Waals surface area (Å²) in [6.45, 7) is 8.28. The Bertz CT molecular complexity index is 1600. The zero-order chi connectivity index (χ0) is 28.6. The molecule has 0 aliphatic carbocycles. The van der Waals surface area contributed by atoms with Crippen molar-refractivity contribution in [1.29, 1.82) is 0 Å². The molecule has 1 spiro atoms. The Morgan fingerprint density at radius 1 is 0.854 bits per heavy atom. The second-order valence-corrected chi connectivity index (χ2v) is 11.2. The highest BCUT2D eigenvalue weighted by Gasteiger charge is 2.54. The van der Waals surface area contributed by atoms with Gasteiger partial charge in [-0.05, 0) is 67.8 Å². The van der Waals surface area contributed by atoms with Crippen LogP contribution in [0, 0.1) is 6.92 Å². The molecule has 0 amide bonds. The molecule has 2 heterocycles. The van der Waals surface area contributed by atoms with Gasteiger partial charge in [-0.15, -0.1) is 0 Å². The molecule has 0 saturated carbocycles. The summed E-state index contributed by atoms with van der Waals surface area (Å²) in [7, 11) is 0. The molecule has 5 nitrogen and oxygen atoms in total. The van der Waals surface area contributed by atoms with E-state index in [4.69, 9.17) is 21.1 Å². The molecular weight excluding hydrogens is 532 g/mol. The van der Waals surface area contributed by atoms with Crippen molar-refractivity contribution in [2.45, 2.75) is 52.1 Å². The summed E-state index contributed by atoms with van der Waals surface area (Å²) >= 11 is 7.23. The summed E-state index contributed by atoms with van der Waals surface area (Å²) in [6, 6.07) is 25.8. The first-order chi connectivity index (χ1) is 20.0. The Balaban J connectivity index is 1.55. The quantitative estimate of drug-likeness (QED) is 0.204. The number of para-hydroxylation sites is 1. The van der Waals surface area contributed by atoms with Gasteiger partial charge in [-0.1, -0.05) is 74.7 Å². The first-order valence-corrected chi connectivity index (χ1v) is 14.9. The van der Waals surface area contributed by atoms with Crippen LogP contribution in [0.25, 0.3) is 0 Å². The van der Waals surface area contributed by atoms with Crippen LogP contribution in [0.2, 0.25) is 5.02 Å². The van der Waals surface area contributed by atoms with Crippen molar-refractivity contribution in [3.63, 3.8) is 0 Å². The summed E-state index contributed by atoms with van der Waals surface area (Å²) < 4.78 is 13.1. The van der Waals surface area contributed by atoms with Crippen molar-refractivity contribution in [1.82, 2.24) is 0 Å². The molecule has 4 aromatic rings. The predicted octanol–water partition coefficient (Wildman–Crippen LogP) is 9.37. The first-order valence-electron chi connectivity index (χ1n) is 14.5. The van der Waals surface area contributed by atoms with E-state index in [0.717, 1.165) is 78.1 Å². The van der Waals surface area contributed by atoms with Crippen LogP contribution >= 0.6 is 11.6 Å². The van der Waals surface area contributed by atoms with Crippen molar-refractivity contribution in [2.24, 2.45) is 0 Å². The van der Waals surface area contributed by atoms with Crippen LogP contribution in [-0.4, -0.2) is 19.1 Å². The molecule has 4 aromatic carbocycles. The van der Waals surface area contributed by atoms with E-state index in [-0.39, 0.29) is 5.97 Å². The van der Waals surface area contributed by atoms with Gasteiger partial charge in [0.2, 0.25) is 0 Å². The summed E-state index contributed by atoms with van der Waals surface area (Å²) in [5.74, 6) is 0.818. The predicted molar refractivity (Wildman–Crippen MR) is 166 cm³/mol. The minimum Gasteiger partial charge on any atom is -0.455 e.